The third kappa shape index (κ3) is 4.93. The highest BCUT2D eigenvalue weighted by Gasteiger charge is 2.25. The van der Waals surface area contributed by atoms with Crippen molar-refractivity contribution in [1.82, 2.24) is 0 Å². The summed E-state index contributed by atoms with van der Waals surface area (Å²) in [5.74, 6) is -0.644. The van der Waals surface area contributed by atoms with Crippen LogP contribution < -0.4 is 15.0 Å². The molecule has 0 spiro atoms. The minimum absolute atomic E-state index is 0.0111. The summed E-state index contributed by atoms with van der Waals surface area (Å²) in [6.45, 7) is 0.173. The van der Waals surface area contributed by atoms with E-state index in [4.69, 9.17) is 13.9 Å². The van der Waals surface area contributed by atoms with Crippen LogP contribution in [-0.2, 0) is 20.9 Å². The second-order valence-corrected chi connectivity index (χ2v) is 8.30. The molecular formula is C28H24N2O6. The molecule has 1 aliphatic rings. The van der Waals surface area contributed by atoms with Crippen LogP contribution in [-0.4, -0.2) is 30.9 Å². The maximum atomic E-state index is 12.9. The van der Waals surface area contributed by atoms with Gasteiger partial charge in [-0.2, -0.15) is 0 Å². The number of hydrogen-bond donors (Lipinski definition) is 1. The lowest BCUT2D eigenvalue weighted by Gasteiger charge is -2.19. The molecule has 0 radical (unpaired) electrons. The Hall–Kier alpha value is -4.59. The maximum absolute atomic E-state index is 12.9. The summed E-state index contributed by atoms with van der Waals surface area (Å²) in [5.41, 5.74) is 2.16. The second kappa shape index (κ2) is 10.4. The Morgan fingerprint density at radius 3 is 2.50 bits per heavy atom. The highest BCUT2D eigenvalue weighted by atomic mass is 16.5. The van der Waals surface area contributed by atoms with Crippen LogP contribution in [0.1, 0.15) is 29.0 Å². The number of para-hydroxylation sites is 4. The van der Waals surface area contributed by atoms with Crippen molar-refractivity contribution in [3.63, 3.8) is 0 Å². The van der Waals surface area contributed by atoms with Gasteiger partial charge in [0.05, 0.1) is 16.9 Å². The van der Waals surface area contributed by atoms with E-state index in [9.17, 15) is 14.4 Å². The molecule has 0 unspecified atom stereocenters. The van der Waals surface area contributed by atoms with Crippen molar-refractivity contribution in [3.8, 4) is 5.75 Å². The van der Waals surface area contributed by atoms with E-state index in [1.165, 1.54) is 0 Å². The quantitative estimate of drug-likeness (QED) is 0.356. The molecule has 0 aliphatic carbocycles. The summed E-state index contributed by atoms with van der Waals surface area (Å²) < 4.78 is 16.9. The number of amides is 2. The van der Waals surface area contributed by atoms with Gasteiger partial charge in [0, 0.05) is 18.4 Å². The van der Waals surface area contributed by atoms with Gasteiger partial charge in [0.25, 0.3) is 5.91 Å². The Labute approximate surface area is 207 Å². The van der Waals surface area contributed by atoms with Crippen LogP contribution in [0.5, 0.6) is 5.75 Å². The van der Waals surface area contributed by atoms with Crippen molar-refractivity contribution < 1.29 is 28.3 Å². The number of benzene rings is 3. The van der Waals surface area contributed by atoms with E-state index in [2.05, 4.69) is 5.32 Å². The summed E-state index contributed by atoms with van der Waals surface area (Å²) in [4.78, 5) is 39.3. The Morgan fingerprint density at radius 2 is 1.69 bits per heavy atom. The summed E-state index contributed by atoms with van der Waals surface area (Å²) in [7, 11) is 0. The van der Waals surface area contributed by atoms with Gasteiger partial charge in [-0.3, -0.25) is 9.59 Å². The molecule has 8 heteroatoms. The third-order valence-electron chi connectivity index (χ3n) is 5.89. The number of anilines is 2. The second-order valence-electron chi connectivity index (χ2n) is 8.30. The molecule has 0 saturated carbocycles. The minimum Gasteiger partial charge on any atom is -0.489 e. The SMILES string of the molecule is O=C(COC(=O)c1oc2ccccc2c1COc1ccccc1)Nc1ccccc1N1CCCC1=O. The fourth-order valence-corrected chi connectivity index (χ4v) is 4.18. The van der Waals surface area contributed by atoms with E-state index in [1.54, 1.807) is 41.3 Å². The van der Waals surface area contributed by atoms with Gasteiger partial charge in [0.2, 0.25) is 11.7 Å². The number of hydrogen-bond acceptors (Lipinski definition) is 6. The van der Waals surface area contributed by atoms with E-state index in [0.29, 0.717) is 41.2 Å². The molecule has 1 aromatic heterocycles. The van der Waals surface area contributed by atoms with E-state index < -0.39 is 18.5 Å². The Kier molecular flexibility index (Phi) is 6.66. The van der Waals surface area contributed by atoms with Gasteiger partial charge >= 0.3 is 5.97 Å². The van der Waals surface area contributed by atoms with E-state index in [0.717, 1.165) is 11.8 Å². The lowest BCUT2D eigenvalue weighted by molar-refractivity contribution is -0.119. The van der Waals surface area contributed by atoms with Crippen LogP contribution in [0.2, 0.25) is 0 Å². The average Bonchev–Trinajstić information content (AvgIpc) is 3.50. The van der Waals surface area contributed by atoms with Gasteiger partial charge in [-0.1, -0.05) is 48.5 Å². The van der Waals surface area contributed by atoms with E-state index in [-0.39, 0.29) is 18.3 Å². The van der Waals surface area contributed by atoms with Crippen LogP contribution in [0.15, 0.2) is 83.3 Å². The molecular weight excluding hydrogens is 460 g/mol. The summed E-state index contributed by atoms with van der Waals surface area (Å²) >= 11 is 0. The van der Waals surface area contributed by atoms with Crippen LogP contribution in [0.25, 0.3) is 11.0 Å². The molecule has 182 valence electrons. The number of rotatable bonds is 8. The molecule has 2 heterocycles. The predicted molar refractivity (Wildman–Crippen MR) is 134 cm³/mol. The monoisotopic (exact) mass is 484 g/mol. The zero-order valence-corrected chi connectivity index (χ0v) is 19.4. The number of furan rings is 1. The first kappa shape index (κ1) is 23.2. The zero-order chi connectivity index (χ0) is 24.9. The van der Waals surface area contributed by atoms with Gasteiger partial charge in [-0.25, -0.2) is 4.79 Å². The average molecular weight is 485 g/mol. The van der Waals surface area contributed by atoms with Crippen LogP contribution in [0, 0.1) is 0 Å². The van der Waals surface area contributed by atoms with Crippen molar-refractivity contribution in [1.29, 1.82) is 0 Å². The molecule has 5 rings (SSSR count). The lowest BCUT2D eigenvalue weighted by atomic mass is 10.1. The fourth-order valence-electron chi connectivity index (χ4n) is 4.18. The lowest BCUT2D eigenvalue weighted by Crippen LogP contribution is -2.27. The highest BCUT2D eigenvalue weighted by molar-refractivity contribution is 6.03. The number of nitrogens with one attached hydrogen (secondary N) is 1. The largest absolute Gasteiger partial charge is 0.489 e. The molecule has 1 N–H and O–H groups in total. The summed E-state index contributed by atoms with van der Waals surface area (Å²) in [6.07, 6.45) is 1.25. The van der Waals surface area contributed by atoms with Crippen molar-refractivity contribution in [2.24, 2.45) is 0 Å². The van der Waals surface area contributed by atoms with E-state index in [1.807, 2.05) is 42.5 Å². The van der Waals surface area contributed by atoms with Gasteiger partial charge in [-0.05, 0) is 36.8 Å². The van der Waals surface area contributed by atoms with Crippen molar-refractivity contribution in [2.45, 2.75) is 19.4 Å². The number of ether oxygens (including phenoxy) is 2. The maximum Gasteiger partial charge on any atom is 0.375 e. The molecule has 2 amide bonds. The fraction of sp³-hybridized carbons (Fsp3) is 0.179. The standard InChI is InChI=1S/C28H24N2O6/c31-25(29-22-12-5-6-13-23(22)30-16-8-15-26(30)32)18-35-28(33)27-21(17-34-19-9-2-1-3-10-19)20-11-4-7-14-24(20)36-27/h1-7,9-14H,8,15-18H2,(H,29,31). The molecule has 36 heavy (non-hydrogen) atoms. The first-order valence-electron chi connectivity index (χ1n) is 11.6. The Balaban J connectivity index is 1.28. The molecule has 4 aromatic rings. The van der Waals surface area contributed by atoms with Gasteiger partial charge in [0.15, 0.2) is 6.61 Å². The first-order chi connectivity index (χ1) is 17.6. The Bertz CT molecular complexity index is 1410. The van der Waals surface area contributed by atoms with E-state index >= 15 is 0 Å². The predicted octanol–water partition coefficient (Wildman–Crippen LogP) is 4.93. The number of esters is 1. The summed E-state index contributed by atoms with van der Waals surface area (Å²) in [5, 5.41) is 3.47. The van der Waals surface area contributed by atoms with Crippen molar-refractivity contribution >= 4 is 40.1 Å². The van der Waals surface area contributed by atoms with Gasteiger partial charge in [0.1, 0.15) is 17.9 Å². The third-order valence-corrected chi connectivity index (χ3v) is 5.89. The molecule has 1 fully saturated rings. The van der Waals surface area contributed by atoms with Crippen molar-refractivity contribution in [3.05, 3.63) is 90.2 Å². The smallest absolute Gasteiger partial charge is 0.375 e. The summed E-state index contributed by atoms with van der Waals surface area (Å²) in [6, 6.07) is 23.5. The molecule has 1 saturated heterocycles. The van der Waals surface area contributed by atoms with Crippen LogP contribution in [0.3, 0.4) is 0 Å². The molecule has 0 atom stereocenters. The zero-order valence-electron chi connectivity index (χ0n) is 19.4. The topological polar surface area (TPSA) is 98.1 Å². The van der Waals surface area contributed by atoms with Crippen molar-refractivity contribution in [2.75, 3.05) is 23.4 Å². The number of carbonyl (C=O) groups is 3. The molecule has 1 aliphatic heterocycles. The number of nitrogens with zero attached hydrogens (tertiary/aromatic N) is 1. The van der Waals surface area contributed by atoms with Gasteiger partial charge in [-0.15, -0.1) is 0 Å². The highest BCUT2D eigenvalue weighted by Crippen LogP contribution is 2.30. The first-order valence-corrected chi connectivity index (χ1v) is 11.6. The molecule has 8 nitrogen and oxygen atoms in total. The minimum atomic E-state index is -0.768. The van der Waals surface area contributed by atoms with Crippen LogP contribution >= 0.6 is 0 Å². The molecule has 3 aromatic carbocycles. The number of fused-ring (bicyclic) bond motifs is 1. The van der Waals surface area contributed by atoms with Crippen LogP contribution in [0.4, 0.5) is 11.4 Å². The molecule has 0 bridgehead atoms. The normalized spacial score (nSPS) is 13.1. The Morgan fingerprint density at radius 1 is 0.944 bits per heavy atom. The van der Waals surface area contributed by atoms with Gasteiger partial charge < -0.3 is 24.1 Å². The number of carbonyl (C=O) groups excluding carboxylic acids is 3.